The SMILES string of the molecule is C=CCO[C@@]12Oc3ccc(Oc4ccc(SC)cc4)cc3[C@H]3[C@H](CCCCO)[C@@H](CCCCO)C=C(C(=NOC)C[C@@H]1N(Cc1ccc(F)cc1)C(=O)Oc1ccc([N+](=O)[O-])cc1)[C@H]32. The molecule has 0 saturated heterocycles. The lowest BCUT2D eigenvalue weighted by Gasteiger charge is -2.59. The molecule has 4 aromatic rings. The molecule has 2 aliphatic carbocycles. The number of allylic oxidation sites excluding steroid dienone is 1. The lowest BCUT2D eigenvalue weighted by Crippen LogP contribution is -2.70. The van der Waals surface area contributed by atoms with Crippen molar-refractivity contribution < 1.29 is 48.1 Å². The van der Waals surface area contributed by atoms with E-state index in [0.717, 1.165) is 41.7 Å². The number of rotatable bonds is 20. The van der Waals surface area contributed by atoms with Crippen LogP contribution in [0.3, 0.4) is 0 Å². The number of nitro groups is 1. The maximum atomic E-state index is 14.9. The number of non-ortho nitro benzene ring substituents is 1. The monoisotopic (exact) mass is 895 g/mol. The van der Waals surface area contributed by atoms with Crippen LogP contribution in [0, 0.1) is 33.7 Å². The number of halogens is 1. The van der Waals surface area contributed by atoms with E-state index in [4.69, 9.17) is 23.8 Å². The quantitative estimate of drug-likeness (QED) is 0.0285. The first-order valence-electron chi connectivity index (χ1n) is 21.5. The Kier molecular flexibility index (Phi) is 15.4. The van der Waals surface area contributed by atoms with Crippen molar-refractivity contribution in [3.05, 3.63) is 142 Å². The number of amides is 1. The summed E-state index contributed by atoms with van der Waals surface area (Å²) in [4.78, 5) is 33.9. The smallest absolute Gasteiger partial charge is 0.416 e. The summed E-state index contributed by atoms with van der Waals surface area (Å²) in [7, 11) is 1.47. The van der Waals surface area contributed by atoms with E-state index in [0.29, 0.717) is 41.4 Å². The molecule has 4 aromatic carbocycles. The van der Waals surface area contributed by atoms with Gasteiger partial charge in [-0.3, -0.25) is 15.0 Å². The zero-order valence-electron chi connectivity index (χ0n) is 36.0. The minimum absolute atomic E-state index is 0.00855. The highest BCUT2D eigenvalue weighted by atomic mass is 32.2. The molecule has 7 rings (SSSR count). The first kappa shape index (κ1) is 46.3. The summed E-state index contributed by atoms with van der Waals surface area (Å²) in [6.07, 6.45) is 9.39. The number of unbranched alkanes of at least 4 members (excludes halogenated alkanes) is 2. The number of nitrogens with zero attached hydrogens (tertiary/aromatic N) is 3. The lowest BCUT2D eigenvalue weighted by atomic mass is 9.55. The zero-order valence-corrected chi connectivity index (χ0v) is 36.8. The van der Waals surface area contributed by atoms with E-state index in [1.807, 2.05) is 48.7 Å². The molecule has 338 valence electrons. The number of carbonyl (C=O) groups excluding carboxylic acids is 1. The van der Waals surface area contributed by atoms with Gasteiger partial charge in [-0.15, -0.1) is 18.3 Å². The molecular formula is C49H54FN3O10S. The van der Waals surface area contributed by atoms with Crippen LogP contribution in [0.15, 0.2) is 125 Å². The Morgan fingerprint density at radius 3 is 2.33 bits per heavy atom. The van der Waals surface area contributed by atoms with E-state index >= 15 is 0 Å². The second kappa shape index (κ2) is 21.3. The van der Waals surface area contributed by atoms with Crippen LogP contribution in [-0.4, -0.2) is 76.9 Å². The van der Waals surface area contributed by atoms with Crippen LogP contribution in [-0.2, 0) is 16.1 Å². The molecule has 0 unspecified atom stereocenters. The third kappa shape index (κ3) is 10.1. The van der Waals surface area contributed by atoms with Gasteiger partial charge in [-0.05, 0) is 122 Å². The summed E-state index contributed by atoms with van der Waals surface area (Å²) in [6.45, 7) is 4.05. The third-order valence-electron chi connectivity index (χ3n) is 12.3. The predicted molar refractivity (Wildman–Crippen MR) is 241 cm³/mol. The minimum atomic E-state index is -1.61. The summed E-state index contributed by atoms with van der Waals surface area (Å²) in [6, 6.07) is 23.6. The number of hydrogen-bond donors (Lipinski definition) is 2. The van der Waals surface area contributed by atoms with Gasteiger partial charge in [-0.1, -0.05) is 42.3 Å². The average Bonchev–Trinajstić information content (AvgIpc) is 3.30. The van der Waals surface area contributed by atoms with Gasteiger partial charge in [0, 0.05) is 54.7 Å². The van der Waals surface area contributed by atoms with Crippen molar-refractivity contribution in [2.75, 3.05) is 33.2 Å². The topological polar surface area (TPSA) is 162 Å². The highest BCUT2D eigenvalue weighted by molar-refractivity contribution is 7.98. The van der Waals surface area contributed by atoms with Gasteiger partial charge in [0.25, 0.3) is 5.69 Å². The second-order valence-corrected chi connectivity index (χ2v) is 17.0. The Balaban J connectivity index is 1.43. The number of aliphatic hydroxyl groups is 2. The average molecular weight is 896 g/mol. The van der Waals surface area contributed by atoms with Crippen molar-refractivity contribution in [3.8, 4) is 23.0 Å². The van der Waals surface area contributed by atoms with E-state index in [1.54, 1.807) is 30.0 Å². The molecule has 3 aliphatic rings. The molecule has 1 aliphatic heterocycles. The molecule has 2 N–H and O–H groups in total. The fourth-order valence-corrected chi connectivity index (χ4v) is 9.89. The van der Waals surface area contributed by atoms with Gasteiger partial charge >= 0.3 is 6.09 Å². The Morgan fingerprint density at radius 1 is 0.984 bits per heavy atom. The molecule has 0 bridgehead atoms. The number of benzene rings is 4. The van der Waals surface area contributed by atoms with Gasteiger partial charge in [-0.25, -0.2) is 9.18 Å². The second-order valence-electron chi connectivity index (χ2n) is 16.1. The van der Waals surface area contributed by atoms with Crippen molar-refractivity contribution in [2.45, 2.75) is 74.1 Å². The van der Waals surface area contributed by atoms with Gasteiger partial charge in [-0.2, -0.15) is 0 Å². The van der Waals surface area contributed by atoms with Crippen LogP contribution < -0.4 is 14.2 Å². The Hall–Kier alpha value is -5.74. The Bertz CT molecular complexity index is 2310. The Morgan fingerprint density at radius 2 is 1.67 bits per heavy atom. The molecule has 1 saturated carbocycles. The molecule has 0 spiro atoms. The van der Waals surface area contributed by atoms with Gasteiger partial charge in [0.05, 0.1) is 23.2 Å². The molecule has 1 heterocycles. The highest BCUT2D eigenvalue weighted by Gasteiger charge is 2.65. The molecule has 1 amide bonds. The molecular weight excluding hydrogens is 842 g/mol. The molecule has 0 radical (unpaired) electrons. The molecule has 6 atom stereocenters. The predicted octanol–water partition coefficient (Wildman–Crippen LogP) is 10.2. The van der Waals surface area contributed by atoms with Crippen molar-refractivity contribution >= 4 is 29.3 Å². The number of carbonyl (C=O) groups is 1. The van der Waals surface area contributed by atoms with Crippen LogP contribution in [0.1, 0.15) is 62.0 Å². The van der Waals surface area contributed by atoms with E-state index in [2.05, 4.69) is 17.8 Å². The first-order valence-corrected chi connectivity index (χ1v) is 22.8. The Labute approximate surface area is 376 Å². The van der Waals surface area contributed by atoms with E-state index in [-0.39, 0.29) is 62.0 Å². The van der Waals surface area contributed by atoms with E-state index in [1.165, 1.54) is 48.4 Å². The summed E-state index contributed by atoms with van der Waals surface area (Å²) >= 11 is 1.64. The van der Waals surface area contributed by atoms with Crippen LogP contribution >= 0.6 is 11.8 Å². The molecule has 13 nitrogen and oxygen atoms in total. The number of nitro benzene ring substituents is 1. The van der Waals surface area contributed by atoms with Gasteiger partial charge < -0.3 is 34.0 Å². The highest BCUT2D eigenvalue weighted by Crippen LogP contribution is 2.62. The van der Waals surface area contributed by atoms with Crippen LogP contribution in [0.4, 0.5) is 14.9 Å². The first-order chi connectivity index (χ1) is 31.1. The largest absolute Gasteiger partial charge is 0.459 e. The number of oxime groups is 1. The zero-order chi connectivity index (χ0) is 45.2. The minimum Gasteiger partial charge on any atom is -0.459 e. The van der Waals surface area contributed by atoms with Crippen LogP contribution in [0.5, 0.6) is 23.0 Å². The van der Waals surface area contributed by atoms with Gasteiger partial charge in [0.2, 0.25) is 5.79 Å². The number of ether oxygens (including phenoxy) is 4. The summed E-state index contributed by atoms with van der Waals surface area (Å²) in [5, 5.41) is 35.9. The summed E-state index contributed by atoms with van der Waals surface area (Å²) < 4.78 is 41.1. The van der Waals surface area contributed by atoms with Crippen molar-refractivity contribution in [2.24, 2.45) is 22.9 Å². The summed E-state index contributed by atoms with van der Waals surface area (Å²) in [5.74, 6) is -1.16. The van der Waals surface area contributed by atoms with Gasteiger partial charge in [0.1, 0.15) is 42.0 Å². The fraction of sp³-hybridized carbons (Fsp3) is 0.388. The number of thioether (sulfide) groups is 1. The molecule has 1 fully saturated rings. The van der Waals surface area contributed by atoms with E-state index < -0.39 is 34.6 Å². The van der Waals surface area contributed by atoms with Gasteiger partial charge in [0.15, 0.2) is 0 Å². The third-order valence-corrected chi connectivity index (χ3v) is 13.0. The molecule has 15 heteroatoms. The number of fused-ring (bicyclic) bond motifs is 2. The maximum Gasteiger partial charge on any atom is 0.416 e. The normalized spacial score (nSPS) is 22.6. The fourth-order valence-electron chi connectivity index (χ4n) is 9.49. The summed E-state index contributed by atoms with van der Waals surface area (Å²) in [5.41, 5.74) is 2.71. The molecule has 64 heavy (non-hydrogen) atoms. The van der Waals surface area contributed by atoms with Crippen molar-refractivity contribution in [1.29, 1.82) is 0 Å². The van der Waals surface area contributed by atoms with Crippen LogP contribution in [0.25, 0.3) is 0 Å². The lowest BCUT2D eigenvalue weighted by molar-refractivity contribution is -0.384. The number of aliphatic hydroxyl groups excluding tert-OH is 2. The standard InChI is InChI=1S/C49H54FN3O10S/c1-4-27-60-49-45(52(31-32-11-13-34(50)14-12-32)48(56)62-37-17-15-35(16-18-37)53(57)58)30-43(51-59-2)41-28-33(9-5-7-25-54)40(10-6-8-26-55)46(47(41)49)42-29-38(21-24-44(42)63-49)61-36-19-22-39(64-3)23-20-36/h4,11-24,28-29,33,40,45-47,54-55H,1,5-10,25-27,30-31H2,2-3H3/t33-,40+,45-,46+,47+,49+/m0/s1. The maximum absolute atomic E-state index is 14.9. The van der Waals surface area contributed by atoms with E-state index in [9.17, 15) is 29.5 Å². The van der Waals surface area contributed by atoms with Crippen LogP contribution in [0.2, 0.25) is 0 Å². The van der Waals surface area contributed by atoms with Crippen molar-refractivity contribution in [1.82, 2.24) is 4.90 Å². The number of hydrogen-bond acceptors (Lipinski definition) is 12. The molecule has 0 aromatic heterocycles. The van der Waals surface area contributed by atoms with Crippen molar-refractivity contribution in [3.63, 3.8) is 0 Å².